The SMILES string of the molecule is Cc1cc(Br)c(=O)n(CC(=O)NC2CCCCC2)c1. The number of halogens is 1. The predicted octanol–water partition coefficient (Wildman–Crippen LogP) is 2.37. The second-order valence-corrected chi connectivity index (χ2v) is 6.06. The quantitative estimate of drug-likeness (QED) is 0.927. The maximum Gasteiger partial charge on any atom is 0.265 e. The summed E-state index contributed by atoms with van der Waals surface area (Å²) in [5.41, 5.74) is 0.793. The van der Waals surface area contributed by atoms with Crippen LogP contribution in [0.2, 0.25) is 0 Å². The van der Waals surface area contributed by atoms with Gasteiger partial charge in [0.2, 0.25) is 5.91 Å². The molecule has 1 aliphatic rings. The Hall–Kier alpha value is -1.10. The fraction of sp³-hybridized carbons (Fsp3) is 0.571. The maximum atomic E-state index is 12.0. The minimum absolute atomic E-state index is 0.0773. The van der Waals surface area contributed by atoms with Gasteiger partial charge in [0.05, 0.1) is 4.47 Å². The van der Waals surface area contributed by atoms with Crippen LogP contribution in [-0.2, 0) is 11.3 Å². The molecule has 19 heavy (non-hydrogen) atoms. The number of aromatic nitrogens is 1. The third-order valence-corrected chi connectivity index (χ3v) is 4.03. The molecular weight excluding hydrogens is 308 g/mol. The van der Waals surface area contributed by atoms with E-state index in [-0.39, 0.29) is 24.1 Å². The number of nitrogens with one attached hydrogen (secondary N) is 1. The van der Waals surface area contributed by atoms with Crippen LogP contribution < -0.4 is 10.9 Å². The Kier molecular flexibility index (Phi) is 4.80. The van der Waals surface area contributed by atoms with Crippen LogP contribution in [0.3, 0.4) is 0 Å². The molecule has 2 rings (SSSR count). The molecule has 0 spiro atoms. The summed E-state index contributed by atoms with van der Waals surface area (Å²) in [6.45, 7) is 2.00. The highest BCUT2D eigenvalue weighted by Gasteiger charge is 2.16. The summed E-state index contributed by atoms with van der Waals surface area (Å²) < 4.78 is 1.95. The van der Waals surface area contributed by atoms with E-state index in [9.17, 15) is 9.59 Å². The van der Waals surface area contributed by atoms with Gasteiger partial charge in [0, 0.05) is 12.2 Å². The highest BCUT2D eigenvalue weighted by Crippen LogP contribution is 2.17. The first-order valence-corrected chi connectivity index (χ1v) is 7.51. The van der Waals surface area contributed by atoms with Crippen molar-refractivity contribution in [3.8, 4) is 0 Å². The van der Waals surface area contributed by atoms with Gasteiger partial charge in [-0.1, -0.05) is 19.3 Å². The van der Waals surface area contributed by atoms with E-state index in [1.807, 2.05) is 6.92 Å². The highest BCUT2D eigenvalue weighted by molar-refractivity contribution is 9.10. The van der Waals surface area contributed by atoms with Crippen LogP contribution in [0.25, 0.3) is 0 Å². The lowest BCUT2D eigenvalue weighted by Crippen LogP contribution is -2.39. The molecule has 0 atom stereocenters. The molecule has 4 nitrogen and oxygen atoms in total. The summed E-state index contributed by atoms with van der Waals surface area (Å²) in [7, 11) is 0. The van der Waals surface area contributed by atoms with E-state index < -0.39 is 0 Å². The first-order valence-electron chi connectivity index (χ1n) is 6.72. The van der Waals surface area contributed by atoms with Gasteiger partial charge in [-0.2, -0.15) is 0 Å². The van der Waals surface area contributed by atoms with Crippen LogP contribution in [0.1, 0.15) is 37.7 Å². The molecule has 1 fully saturated rings. The molecule has 0 radical (unpaired) electrons. The molecule has 1 N–H and O–H groups in total. The minimum Gasteiger partial charge on any atom is -0.352 e. The molecule has 0 saturated heterocycles. The van der Waals surface area contributed by atoms with E-state index in [2.05, 4.69) is 21.2 Å². The number of amides is 1. The summed E-state index contributed by atoms with van der Waals surface area (Å²) >= 11 is 3.22. The van der Waals surface area contributed by atoms with Gasteiger partial charge in [0.1, 0.15) is 6.54 Å². The highest BCUT2D eigenvalue weighted by atomic mass is 79.9. The summed E-state index contributed by atoms with van der Waals surface area (Å²) in [6.07, 6.45) is 7.45. The molecule has 0 aliphatic heterocycles. The maximum absolute atomic E-state index is 12.0. The topological polar surface area (TPSA) is 51.1 Å². The van der Waals surface area contributed by atoms with Crippen LogP contribution in [0.4, 0.5) is 0 Å². The number of pyridine rings is 1. The molecule has 1 heterocycles. The summed E-state index contributed by atoms with van der Waals surface area (Å²) in [6, 6.07) is 2.04. The van der Waals surface area contributed by atoms with Gasteiger partial charge in [-0.3, -0.25) is 9.59 Å². The molecule has 1 aliphatic carbocycles. The van der Waals surface area contributed by atoms with Crippen LogP contribution in [-0.4, -0.2) is 16.5 Å². The molecule has 104 valence electrons. The zero-order valence-corrected chi connectivity index (χ0v) is 12.7. The van der Waals surface area contributed by atoms with E-state index in [1.54, 1.807) is 12.3 Å². The Morgan fingerprint density at radius 1 is 1.42 bits per heavy atom. The zero-order valence-electron chi connectivity index (χ0n) is 11.1. The van der Waals surface area contributed by atoms with Gasteiger partial charge >= 0.3 is 0 Å². The standard InChI is InChI=1S/C14H19BrN2O2/c1-10-7-12(15)14(19)17(8-10)9-13(18)16-11-5-3-2-4-6-11/h7-8,11H,2-6,9H2,1H3,(H,16,18). The fourth-order valence-electron chi connectivity index (χ4n) is 2.53. The van der Waals surface area contributed by atoms with Crippen molar-refractivity contribution in [1.29, 1.82) is 0 Å². The molecule has 0 unspecified atom stereocenters. The van der Waals surface area contributed by atoms with E-state index in [0.29, 0.717) is 4.47 Å². The van der Waals surface area contributed by atoms with Crippen molar-refractivity contribution < 1.29 is 4.79 Å². The Labute approximate surface area is 121 Å². The number of rotatable bonds is 3. The van der Waals surface area contributed by atoms with E-state index >= 15 is 0 Å². The third-order valence-electron chi connectivity index (χ3n) is 3.46. The number of aryl methyl sites for hydroxylation is 1. The number of carbonyl (C=O) groups excluding carboxylic acids is 1. The molecule has 0 bridgehead atoms. The van der Waals surface area contributed by atoms with Crippen LogP contribution in [0.5, 0.6) is 0 Å². The molecule has 1 aromatic rings. The van der Waals surface area contributed by atoms with Crippen molar-refractivity contribution in [2.45, 2.75) is 51.6 Å². The second kappa shape index (κ2) is 6.37. The largest absolute Gasteiger partial charge is 0.352 e. The Morgan fingerprint density at radius 3 is 2.79 bits per heavy atom. The third kappa shape index (κ3) is 3.93. The normalized spacial score (nSPS) is 16.3. The Balaban J connectivity index is 2.00. The minimum atomic E-state index is -0.163. The molecule has 1 aromatic heterocycles. The van der Waals surface area contributed by atoms with Crippen molar-refractivity contribution in [2.24, 2.45) is 0 Å². The van der Waals surface area contributed by atoms with Crippen molar-refractivity contribution >= 4 is 21.8 Å². The van der Waals surface area contributed by atoms with Crippen LogP contribution >= 0.6 is 15.9 Å². The number of nitrogens with zero attached hydrogens (tertiary/aromatic N) is 1. The number of hydrogen-bond donors (Lipinski definition) is 1. The van der Waals surface area contributed by atoms with Gasteiger partial charge in [0.15, 0.2) is 0 Å². The smallest absolute Gasteiger partial charge is 0.265 e. The van der Waals surface area contributed by atoms with E-state index in [0.717, 1.165) is 18.4 Å². The fourth-order valence-corrected chi connectivity index (χ4v) is 3.12. The lowest BCUT2D eigenvalue weighted by molar-refractivity contribution is -0.122. The van der Waals surface area contributed by atoms with Gasteiger partial charge in [-0.15, -0.1) is 0 Å². The number of carbonyl (C=O) groups is 1. The van der Waals surface area contributed by atoms with Crippen molar-refractivity contribution in [3.63, 3.8) is 0 Å². The molecule has 1 amide bonds. The van der Waals surface area contributed by atoms with Crippen LogP contribution in [0, 0.1) is 6.92 Å². The van der Waals surface area contributed by atoms with Crippen LogP contribution in [0.15, 0.2) is 21.5 Å². The lowest BCUT2D eigenvalue weighted by atomic mass is 9.95. The van der Waals surface area contributed by atoms with E-state index in [4.69, 9.17) is 0 Å². The molecular formula is C14H19BrN2O2. The first kappa shape index (κ1) is 14.3. The van der Waals surface area contributed by atoms with Gasteiger partial charge in [0.25, 0.3) is 5.56 Å². The summed E-state index contributed by atoms with van der Waals surface area (Å²) in [5, 5.41) is 3.02. The summed E-state index contributed by atoms with van der Waals surface area (Å²) in [4.78, 5) is 23.9. The number of hydrogen-bond acceptors (Lipinski definition) is 2. The average molecular weight is 327 g/mol. The van der Waals surface area contributed by atoms with Gasteiger partial charge in [-0.05, 0) is 47.3 Å². The van der Waals surface area contributed by atoms with Gasteiger partial charge < -0.3 is 9.88 Å². The second-order valence-electron chi connectivity index (χ2n) is 5.20. The zero-order chi connectivity index (χ0) is 13.8. The average Bonchev–Trinajstić information content (AvgIpc) is 2.36. The lowest BCUT2D eigenvalue weighted by Gasteiger charge is -2.23. The molecule has 5 heteroatoms. The molecule has 1 saturated carbocycles. The monoisotopic (exact) mass is 326 g/mol. The predicted molar refractivity (Wildman–Crippen MR) is 78.2 cm³/mol. The van der Waals surface area contributed by atoms with E-state index in [1.165, 1.54) is 23.8 Å². The van der Waals surface area contributed by atoms with Gasteiger partial charge in [-0.25, -0.2) is 0 Å². The molecule has 0 aromatic carbocycles. The first-order chi connectivity index (χ1) is 9.06. The van der Waals surface area contributed by atoms with Crippen molar-refractivity contribution in [1.82, 2.24) is 9.88 Å². The Bertz CT molecular complexity index is 519. The summed E-state index contributed by atoms with van der Waals surface area (Å²) in [5.74, 6) is -0.0773. The Morgan fingerprint density at radius 2 is 2.11 bits per heavy atom. The van der Waals surface area contributed by atoms with Crippen molar-refractivity contribution in [2.75, 3.05) is 0 Å². The van der Waals surface area contributed by atoms with Crippen molar-refractivity contribution in [3.05, 3.63) is 32.7 Å².